The number of nitrogens with zero attached hydrogens (tertiary/aromatic N) is 3. The second kappa shape index (κ2) is 5.55. The van der Waals surface area contributed by atoms with Gasteiger partial charge < -0.3 is 10.4 Å². The SMILES string of the molecule is O=C(O)CNc1ccc([N+](=O)[O-])c([N+](=O)[O-])c1[N+](=O)[O-]. The molecule has 0 bridgehead atoms. The van der Waals surface area contributed by atoms with Crippen LogP contribution in [0.25, 0.3) is 0 Å². The molecule has 1 rings (SSSR count). The van der Waals surface area contributed by atoms with E-state index < -0.39 is 50.0 Å². The van der Waals surface area contributed by atoms with Crippen molar-refractivity contribution in [2.24, 2.45) is 0 Å². The van der Waals surface area contributed by atoms with Crippen molar-refractivity contribution >= 4 is 28.7 Å². The molecule has 106 valence electrons. The summed E-state index contributed by atoms with van der Waals surface area (Å²) in [5.41, 5.74) is -4.02. The second-order valence-corrected chi connectivity index (χ2v) is 3.35. The van der Waals surface area contributed by atoms with Crippen molar-refractivity contribution in [3.63, 3.8) is 0 Å². The molecule has 0 aliphatic carbocycles. The van der Waals surface area contributed by atoms with Crippen molar-refractivity contribution in [2.45, 2.75) is 0 Å². The van der Waals surface area contributed by atoms with Gasteiger partial charge in [-0.25, -0.2) is 0 Å². The number of benzene rings is 1. The molecule has 1 aromatic rings. The summed E-state index contributed by atoms with van der Waals surface area (Å²) in [7, 11) is 0. The number of carbonyl (C=O) groups is 1. The van der Waals surface area contributed by atoms with Crippen LogP contribution in [-0.4, -0.2) is 32.4 Å². The summed E-state index contributed by atoms with van der Waals surface area (Å²) < 4.78 is 0. The number of carboxylic acid groups (broad SMARTS) is 1. The molecule has 0 aliphatic rings. The quantitative estimate of drug-likeness (QED) is 0.567. The van der Waals surface area contributed by atoms with Gasteiger partial charge in [-0.1, -0.05) is 0 Å². The van der Waals surface area contributed by atoms with E-state index in [9.17, 15) is 35.1 Å². The predicted octanol–water partition coefficient (Wildman–Crippen LogP) is 0.908. The van der Waals surface area contributed by atoms with E-state index in [1.54, 1.807) is 0 Å². The molecular weight excluding hydrogens is 280 g/mol. The Bertz CT molecular complexity index is 613. The normalized spacial score (nSPS) is 9.80. The van der Waals surface area contributed by atoms with Gasteiger partial charge in [0.05, 0.1) is 14.8 Å². The van der Waals surface area contributed by atoms with E-state index in [-0.39, 0.29) is 0 Å². The summed E-state index contributed by atoms with van der Waals surface area (Å²) in [5.74, 6) is -1.36. The van der Waals surface area contributed by atoms with Crippen molar-refractivity contribution in [3.05, 3.63) is 42.5 Å². The number of nitrogens with one attached hydrogen (secondary N) is 1. The van der Waals surface area contributed by atoms with Crippen LogP contribution in [0.3, 0.4) is 0 Å². The zero-order valence-corrected chi connectivity index (χ0v) is 9.51. The molecule has 0 aliphatic heterocycles. The molecule has 12 nitrogen and oxygen atoms in total. The van der Waals surface area contributed by atoms with E-state index in [0.717, 1.165) is 6.07 Å². The van der Waals surface area contributed by atoms with Crippen LogP contribution in [0.1, 0.15) is 0 Å². The number of carboxylic acids is 1. The highest BCUT2D eigenvalue weighted by Gasteiger charge is 2.38. The van der Waals surface area contributed by atoms with Crippen LogP contribution in [-0.2, 0) is 4.79 Å². The monoisotopic (exact) mass is 286 g/mol. The summed E-state index contributed by atoms with van der Waals surface area (Å²) in [4.78, 5) is 39.1. The standard InChI is InChI=1S/C8H6N4O8/c13-6(14)3-9-4-1-2-5(10(15)16)8(12(19)20)7(4)11(17)18/h1-2,9H,3H2,(H,13,14). The van der Waals surface area contributed by atoms with Crippen molar-refractivity contribution in [2.75, 3.05) is 11.9 Å². The molecular formula is C8H6N4O8. The highest BCUT2D eigenvalue weighted by atomic mass is 16.6. The van der Waals surface area contributed by atoms with Gasteiger partial charge in [0.2, 0.25) is 0 Å². The van der Waals surface area contributed by atoms with E-state index in [4.69, 9.17) is 5.11 Å². The fraction of sp³-hybridized carbons (Fsp3) is 0.125. The first-order valence-electron chi connectivity index (χ1n) is 4.81. The molecule has 0 fully saturated rings. The maximum Gasteiger partial charge on any atom is 0.424 e. The number of hydrogen-bond acceptors (Lipinski definition) is 8. The Kier molecular flexibility index (Phi) is 4.10. The summed E-state index contributed by atoms with van der Waals surface area (Å²) in [6.45, 7) is -0.740. The number of aliphatic carboxylic acids is 1. The fourth-order valence-electron chi connectivity index (χ4n) is 1.39. The van der Waals surface area contributed by atoms with E-state index in [1.807, 2.05) is 0 Å². The average Bonchev–Trinajstić information content (AvgIpc) is 2.34. The summed E-state index contributed by atoms with van der Waals surface area (Å²) >= 11 is 0. The van der Waals surface area contributed by atoms with Gasteiger partial charge in [0, 0.05) is 6.07 Å². The van der Waals surface area contributed by atoms with Crippen molar-refractivity contribution in [1.82, 2.24) is 0 Å². The maximum absolute atomic E-state index is 10.9. The first-order chi connectivity index (χ1) is 9.25. The van der Waals surface area contributed by atoms with Crippen LogP contribution in [0, 0.1) is 30.3 Å². The van der Waals surface area contributed by atoms with Gasteiger partial charge in [0.1, 0.15) is 12.2 Å². The van der Waals surface area contributed by atoms with Crippen LogP contribution >= 0.6 is 0 Å². The lowest BCUT2D eigenvalue weighted by molar-refractivity contribution is -0.440. The molecule has 0 radical (unpaired) electrons. The predicted molar refractivity (Wildman–Crippen MR) is 62.5 cm³/mol. The van der Waals surface area contributed by atoms with Gasteiger partial charge in [-0.15, -0.1) is 0 Å². The van der Waals surface area contributed by atoms with Gasteiger partial charge in [0.25, 0.3) is 0 Å². The third-order valence-corrected chi connectivity index (χ3v) is 2.12. The lowest BCUT2D eigenvalue weighted by atomic mass is 10.2. The third kappa shape index (κ3) is 2.92. The number of hydrogen-bond donors (Lipinski definition) is 2. The van der Waals surface area contributed by atoms with Crippen molar-refractivity contribution < 1.29 is 24.7 Å². The Morgan fingerprint density at radius 2 is 1.60 bits per heavy atom. The summed E-state index contributed by atoms with van der Waals surface area (Å²) in [6.07, 6.45) is 0. The first kappa shape index (κ1) is 14.7. The summed E-state index contributed by atoms with van der Waals surface area (Å²) in [6, 6.07) is 1.53. The van der Waals surface area contributed by atoms with Crippen LogP contribution in [0.5, 0.6) is 0 Å². The minimum atomic E-state index is -1.36. The minimum Gasteiger partial charge on any atom is -0.480 e. The zero-order valence-electron chi connectivity index (χ0n) is 9.51. The van der Waals surface area contributed by atoms with Crippen LogP contribution in [0.4, 0.5) is 22.7 Å². The molecule has 1 aromatic carbocycles. The number of rotatable bonds is 6. The highest BCUT2D eigenvalue weighted by Crippen LogP contribution is 2.41. The van der Waals surface area contributed by atoms with Gasteiger partial charge in [-0.3, -0.25) is 35.1 Å². The first-order valence-corrected chi connectivity index (χ1v) is 4.81. The van der Waals surface area contributed by atoms with Crippen LogP contribution in [0.15, 0.2) is 12.1 Å². The molecule has 2 N–H and O–H groups in total. The van der Waals surface area contributed by atoms with E-state index >= 15 is 0 Å². The van der Waals surface area contributed by atoms with Crippen molar-refractivity contribution in [1.29, 1.82) is 0 Å². The second-order valence-electron chi connectivity index (χ2n) is 3.35. The number of nitro benzene ring substituents is 3. The number of nitro groups is 3. The van der Waals surface area contributed by atoms with Gasteiger partial charge in [-0.2, -0.15) is 0 Å². The number of anilines is 1. The molecule has 0 amide bonds. The molecule has 0 unspecified atom stereocenters. The third-order valence-electron chi connectivity index (χ3n) is 2.12. The Hall–Kier alpha value is -3.31. The van der Waals surface area contributed by atoms with Gasteiger partial charge in [-0.05, 0) is 6.07 Å². The molecule has 0 saturated carbocycles. The maximum atomic E-state index is 10.9. The Morgan fingerprint density at radius 3 is 2.00 bits per heavy atom. The Labute approximate surface area is 109 Å². The van der Waals surface area contributed by atoms with E-state index in [2.05, 4.69) is 5.32 Å². The van der Waals surface area contributed by atoms with E-state index in [1.165, 1.54) is 0 Å². The van der Waals surface area contributed by atoms with Crippen LogP contribution < -0.4 is 5.32 Å². The molecule has 0 atom stereocenters. The van der Waals surface area contributed by atoms with Gasteiger partial charge in [0.15, 0.2) is 0 Å². The molecule has 0 spiro atoms. The Balaban J connectivity index is 3.52. The minimum absolute atomic E-state index is 0.491. The summed E-state index contributed by atoms with van der Waals surface area (Å²) in [5, 5.41) is 42.8. The molecule has 0 aromatic heterocycles. The van der Waals surface area contributed by atoms with E-state index in [0.29, 0.717) is 6.07 Å². The molecule has 0 heterocycles. The fourth-order valence-corrected chi connectivity index (χ4v) is 1.39. The van der Waals surface area contributed by atoms with Gasteiger partial charge >= 0.3 is 23.0 Å². The molecule has 0 saturated heterocycles. The zero-order chi connectivity index (χ0) is 15.4. The van der Waals surface area contributed by atoms with Crippen molar-refractivity contribution in [3.8, 4) is 0 Å². The Morgan fingerprint density at radius 1 is 1.05 bits per heavy atom. The van der Waals surface area contributed by atoms with Crippen LogP contribution in [0.2, 0.25) is 0 Å². The smallest absolute Gasteiger partial charge is 0.424 e. The average molecular weight is 286 g/mol. The molecule has 12 heteroatoms. The lowest BCUT2D eigenvalue weighted by Gasteiger charge is -2.04. The topological polar surface area (TPSA) is 179 Å². The highest BCUT2D eigenvalue weighted by molar-refractivity contribution is 5.81. The lowest BCUT2D eigenvalue weighted by Crippen LogP contribution is -2.14. The largest absolute Gasteiger partial charge is 0.480 e. The molecule has 20 heavy (non-hydrogen) atoms.